The first kappa shape index (κ1) is 18.0. The number of hydrogen-bond donors (Lipinski definition) is 0. The minimum atomic E-state index is -1.41. The zero-order valence-corrected chi connectivity index (χ0v) is 13.6. The fourth-order valence-electron chi connectivity index (χ4n) is 2.27. The van der Waals surface area contributed by atoms with Gasteiger partial charge in [0.2, 0.25) is 0 Å². The second-order valence-corrected chi connectivity index (χ2v) is 6.05. The van der Waals surface area contributed by atoms with Gasteiger partial charge in [-0.25, -0.2) is 0 Å². The zero-order chi connectivity index (χ0) is 15.0. The van der Waals surface area contributed by atoms with Gasteiger partial charge in [-0.05, 0) is 30.5 Å². The van der Waals surface area contributed by atoms with Crippen molar-refractivity contribution in [3.63, 3.8) is 0 Å². The van der Waals surface area contributed by atoms with Crippen LogP contribution in [0.4, 0.5) is 0 Å². The van der Waals surface area contributed by atoms with Crippen LogP contribution in [0.3, 0.4) is 0 Å². The number of rotatable bonds is 4. The molecule has 1 unspecified atom stereocenters. The molecule has 0 N–H and O–H groups in total. The first-order valence-corrected chi connectivity index (χ1v) is 7.00. The number of imide groups is 1. The van der Waals surface area contributed by atoms with E-state index in [1.807, 2.05) is 13.8 Å². The van der Waals surface area contributed by atoms with Gasteiger partial charge in [-0.15, -0.1) is 0 Å². The summed E-state index contributed by atoms with van der Waals surface area (Å²) in [6.07, 6.45) is 0.176. The van der Waals surface area contributed by atoms with E-state index in [9.17, 15) is 19.5 Å². The zero-order valence-electron chi connectivity index (χ0n) is 12.1. The first-order valence-electron chi connectivity index (χ1n) is 6.21. The van der Waals surface area contributed by atoms with Gasteiger partial charge in [0, 0.05) is 4.47 Å². The standard InChI is InChI=1S/C14H14BrNO4.Li/c1-7(2)5-11(14(19)20)16-12(17)9-4-3-8(15)6-10(9)13(16)18;/h3-4,6-7,11H,5H2,1-2H3,(H,19,20);/q;+1/p-1. The van der Waals surface area contributed by atoms with E-state index in [1.165, 1.54) is 12.1 Å². The number of amides is 2. The van der Waals surface area contributed by atoms with E-state index in [2.05, 4.69) is 15.9 Å². The Bertz CT molecular complexity index is 603. The van der Waals surface area contributed by atoms with E-state index >= 15 is 0 Å². The maximum absolute atomic E-state index is 12.3. The summed E-state index contributed by atoms with van der Waals surface area (Å²) in [5, 5.41) is 11.3. The number of hydrogen-bond acceptors (Lipinski definition) is 4. The molecular formula is C14H13BrLiNO4. The van der Waals surface area contributed by atoms with Crippen LogP contribution in [0.5, 0.6) is 0 Å². The second-order valence-electron chi connectivity index (χ2n) is 5.13. The van der Waals surface area contributed by atoms with Crippen LogP contribution in [0.2, 0.25) is 0 Å². The molecule has 1 atom stereocenters. The Morgan fingerprint density at radius 2 is 1.81 bits per heavy atom. The molecule has 2 rings (SSSR count). The summed E-state index contributed by atoms with van der Waals surface area (Å²) in [6, 6.07) is 3.45. The molecule has 1 aliphatic heterocycles. The largest absolute Gasteiger partial charge is 1.00 e. The molecule has 21 heavy (non-hydrogen) atoms. The van der Waals surface area contributed by atoms with Crippen LogP contribution in [-0.4, -0.2) is 28.7 Å². The minimum absolute atomic E-state index is 0. The van der Waals surface area contributed by atoms with E-state index in [4.69, 9.17) is 0 Å². The maximum Gasteiger partial charge on any atom is 1.00 e. The molecule has 1 aromatic carbocycles. The van der Waals surface area contributed by atoms with Crippen molar-refractivity contribution < 1.29 is 38.4 Å². The molecule has 0 saturated heterocycles. The van der Waals surface area contributed by atoms with Crippen LogP contribution >= 0.6 is 15.9 Å². The molecule has 0 fully saturated rings. The van der Waals surface area contributed by atoms with Crippen molar-refractivity contribution in [2.24, 2.45) is 5.92 Å². The molecule has 1 aliphatic rings. The average Bonchev–Trinajstić information content (AvgIpc) is 2.58. The summed E-state index contributed by atoms with van der Waals surface area (Å²) in [5.41, 5.74) is 0.451. The van der Waals surface area contributed by atoms with Gasteiger partial charge < -0.3 is 9.90 Å². The Balaban J connectivity index is 0.00000220. The molecule has 0 radical (unpaired) electrons. The Labute approximate surface area is 143 Å². The Kier molecular flexibility index (Phi) is 5.80. The summed E-state index contributed by atoms with van der Waals surface area (Å²) < 4.78 is 0.660. The number of halogens is 1. The molecule has 0 spiro atoms. The Morgan fingerprint density at radius 1 is 1.24 bits per heavy atom. The molecule has 1 heterocycles. The van der Waals surface area contributed by atoms with Crippen molar-refractivity contribution in [2.45, 2.75) is 26.3 Å². The number of benzene rings is 1. The minimum Gasteiger partial charge on any atom is -0.548 e. The molecular weight excluding hydrogens is 333 g/mol. The summed E-state index contributed by atoms with van der Waals surface area (Å²) in [6.45, 7) is 3.65. The first-order chi connectivity index (χ1) is 9.32. The molecule has 0 saturated carbocycles. The number of carboxylic acid groups (broad SMARTS) is 1. The number of fused-ring (bicyclic) bond motifs is 1. The van der Waals surface area contributed by atoms with E-state index in [0.29, 0.717) is 4.47 Å². The third-order valence-corrected chi connectivity index (χ3v) is 3.65. The van der Waals surface area contributed by atoms with Gasteiger partial charge >= 0.3 is 18.9 Å². The van der Waals surface area contributed by atoms with Gasteiger partial charge in [-0.1, -0.05) is 29.8 Å². The van der Waals surface area contributed by atoms with Gasteiger partial charge in [0.1, 0.15) is 0 Å². The molecule has 0 aliphatic carbocycles. The summed E-state index contributed by atoms with van der Waals surface area (Å²) in [7, 11) is 0. The normalized spacial score (nSPS) is 15.0. The van der Waals surface area contributed by atoms with Gasteiger partial charge in [0.05, 0.1) is 23.1 Å². The van der Waals surface area contributed by atoms with Gasteiger partial charge in [-0.3, -0.25) is 14.5 Å². The van der Waals surface area contributed by atoms with E-state index in [0.717, 1.165) is 4.90 Å². The Morgan fingerprint density at radius 3 is 2.33 bits per heavy atom. The van der Waals surface area contributed by atoms with Crippen LogP contribution in [0.25, 0.3) is 0 Å². The van der Waals surface area contributed by atoms with Crippen LogP contribution in [0.15, 0.2) is 22.7 Å². The van der Waals surface area contributed by atoms with Crippen LogP contribution in [0.1, 0.15) is 41.0 Å². The maximum atomic E-state index is 12.3. The molecule has 1 aromatic rings. The van der Waals surface area contributed by atoms with E-state index < -0.39 is 23.8 Å². The average molecular weight is 346 g/mol. The van der Waals surface area contributed by atoms with E-state index in [-0.39, 0.29) is 42.3 Å². The van der Waals surface area contributed by atoms with Gasteiger partial charge in [0.15, 0.2) is 0 Å². The number of carboxylic acids is 1. The van der Waals surface area contributed by atoms with Crippen molar-refractivity contribution in [3.8, 4) is 0 Å². The van der Waals surface area contributed by atoms with Crippen molar-refractivity contribution in [3.05, 3.63) is 33.8 Å². The van der Waals surface area contributed by atoms with Crippen molar-refractivity contribution in [1.82, 2.24) is 4.90 Å². The monoisotopic (exact) mass is 345 g/mol. The summed E-state index contributed by atoms with van der Waals surface area (Å²) in [4.78, 5) is 36.6. The van der Waals surface area contributed by atoms with Crippen LogP contribution in [-0.2, 0) is 4.79 Å². The third kappa shape index (κ3) is 3.39. The molecule has 106 valence electrons. The number of nitrogens with zero attached hydrogens (tertiary/aromatic N) is 1. The molecule has 7 heteroatoms. The topological polar surface area (TPSA) is 77.5 Å². The van der Waals surface area contributed by atoms with Crippen LogP contribution in [0, 0.1) is 5.92 Å². The predicted octanol–water partition coefficient (Wildman–Crippen LogP) is -1.79. The SMILES string of the molecule is CC(C)CC(C(=O)[O-])N1C(=O)c2ccc(Br)cc2C1=O.[Li+]. The Hall–Kier alpha value is -1.09. The van der Waals surface area contributed by atoms with Gasteiger partial charge in [-0.2, -0.15) is 0 Å². The van der Waals surface area contributed by atoms with Crippen LogP contribution < -0.4 is 24.0 Å². The fourth-order valence-corrected chi connectivity index (χ4v) is 2.63. The third-order valence-electron chi connectivity index (χ3n) is 3.16. The molecule has 5 nitrogen and oxygen atoms in total. The molecule has 2 amide bonds. The smallest absolute Gasteiger partial charge is 0.548 e. The molecule has 0 bridgehead atoms. The summed E-state index contributed by atoms with van der Waals surface area (Å²) in [5.74, 6) is -2.55. The van der Waals surface area contributed by atoms with Crippen molar-refractivity contribution in [1.29, 1.82) is 0 Å². The summed E-state index contributed by atoms with van der Waals surface area (Å²) >= 11 is 3.23. The predicted molar refractivity (Wildman–Crippen MR) is 72.9 cm³/mol. The molecule has 0 aromatic heterocycles. The second kappa shape index (κ2) is 6.78. The van der Waals surface area contributed by atoms with Crippen molar-refractivity contribution >= 4 is 33.7 Å². The number of carbonyl (C=O) groups excluding carboxylic acids is 3. The van der Waals surface area contributed by atoms with Crippen molar-refractivity contribution in [2.75, 3.05) is 0 Å². The fraction of sp³-hybridized carbons (Fsp3) is 0.357. The number of aliphatic carboxylic acids is 1. The van der Waals surface area contributed by atoms with E-state index in [1.54, 1.807) is 6.07 Å². The number of carbonyl (C=O) groups is 3. The van der Waals surface area contributed by atoms with Gasteiger partial charge in [0.25, 0.3) is 11.8 Å². The quantitative estimate of drug-likeness (QED) is 0.477.